The molecule has 1 aromatic carbocycles. The summed E-state index contributed by atoms with van der Waals surface area (Å²) >= 11 is 7.58. The van der Waals surface area contributed by atoms with Crippen LogP contribution in [-0.2, 0) is 0 Å². The molecule has 0 amide bonds. The molecule has 4 nitrogen and oxygen atoms in total. The highest BCUT2D eigenvalue weighted by Crippen LogP contribution is 2.30. The highest BCUT2D eigenvalue weighted by Gasteiger charge is 2.12. The van der Waals surface area contributed by atoms with Crippen LogP contribution in [0.4, 0.5) is 11.8 Å². The minimum Gasteiger partial charge on any atom is -0.362 e. The van der Waals surface area contributed by atoms with Crippen molar-refractivity contribution in [2.24, 2.45) is 0 Å². The Morgan fingerprint density at radius 2 is 1.95 bits per heavy atom. The van der Waals surface area contributed by atoms with Crippen molar-refractivity contribution in [1.29, 1.82) is 0 Å². The summed E-state index contributed by atoms with van der Waals surface area (Å²) in [6.45, 7) is 2.10. The number of para-hydroxylation sites is 1. The molecule has 2 heterocycles. The average Bonchev–Trinajstić information content (AvgIpc) is 2.93. The fourth-order valence-electron chi connectivity index (χ4n) is 2.14. The number of hydrogen-bond donors (Lipinski definition) is 2. The van der Waals surface area contributed by atoms with Crippen LogP contribution >= 0.6 is 22.9 Å². The summed E-state index contributed by atoms with van der Waals surface area (Å²) in [5.74, 6) is 1.43. The monoisotopic (exact) mass is 318 g/mol. The molecule has 21 heavy (non-hydrogen) atoms. The number of fused-ring (bicyclic) bond motifs is 1. The van der Waals surface area contributed by atoms with Gasteiger partial charge in [-0.05, 0) is 31.2 Å². The zero-order valence-corrected chi connectivity index (χ0v) is 13.3. The Morgan fingerprint density at radius 3 is 2.67 bits per heavy atom. The van der Waals surface area contributed by atoms with Crippen molar-refractivity contribution in [2.75, 3.05) is 17.7 Å². The second kappa shape index (κ2) is 5.87. The van der Waals surface area contributed by atoms with E-state index in [1.165, 1.54) is 4.88 Å². The number of benzene rings is 1. The Kier molecular flexibility index (Phi) is 3.94. The SMILES string of the molecule is CNc1nc(NC(C)c2ccc(Cl)s2)c2ccccc2n1. The van der Waals surface area contributed by atoms with Crippen LogP contribution in [0, 0.1) is 0 Å². The van der Waals surface area contributed by atoms with Crippen molar-refractivity contribution < 1.29 is 0 Å². The predicted molar refractivity (Wildman–Crippen MR) is 90.5 cm³/mol. The van der Waals surface area contributed by atoms with E-state index in [-0.39, 0.29) is 6.04 Å². The van der Waals surface area contributed by atoms with E-state index in [0.29, 0.717) is 5.95 Å². The third kappa shape index (κ3) is 2.94. The molecule has 3 aromatic rings. The number of anilines is 2. The quantitative estimate of drug-likeness (QED) is 0.740. The zero-order valence-electron chi connectivity index (χ0n) is 11.7. The van der Waals surface area contributed by atoms with Crippen LogP contribution in [0.25, 0.3) is 10.9 Å². The van der Waals surface area contributed by atoms with Gasteiger partial charge in [-0.3, -0.25) is 0 Å². The maximum absolute atomic E-state index is 6.01. The van der Waals surface area contributed by atoms with Gasteiger partial charge in [0.1, 0.15) is 5.82 Å². The van der Waals surface area contributed by atoms with E-state index in [9.17, 15) is 0 Å². The number of nitrogens with one attached hydrogen (secondary N) is 2. The lowest BCUT2D eigenvalue weighted by atomic mass is 10.2. The van der Waals surface area contributed by atoms with Gasteiger partial charge >= 0.3 is 0 Å². The van der Waals surface area contributed by atoms with E-state index >= 15 is 0 Å². The molecule has 2 N–H and O–H groups in total. The summed E-state index contributed by atoms with van der Waals surface area (Å²) in [6.07, 6.45) is 0. The van der Waals surface area contributed by atoms with Gasteiger partial charge in [-0.25, -0.2) is 4.98 Å². The summed E-state index contributed by atoms with van der Waals surface area (Å²) in [7, 11) is 1.82. The lowest BCUT2D eigenvalue weighted by molar-refractivity contribution is 0.898. The predicted octanol–water partition coefficient (Wildman–Crippen LogP) is 4.56. The maximum atomic E-state index is 6.01. The molecule has 0 aliphatic heterocycles. The van der Waals surface area contributed by atoms with Crippen molar-refractivity contribution >= 4 is 45.6 Å². The summed E-state index contributed by atoms with van der Waals surface area (Å²) in [5.41, 5.74) is 0.913. The fraction of sp³-hybridized carbons (Fsp3) is 0.200. The topological polar surface area (TPSA) is 49.8 Å². The lowest BCUT2D eigenvalue weighted by Crippen LogP contribution is -2.09. The van der Waals surface area contributed by atoms with Crippen LogP contribution in [0.2, 0.25) is 4.34 Å². The second-order valence-electron chi connectivity index (χ2n) is 4.67. The first-order valence-corrected chi connectivity index (χ1v) is 7.83. The van der Waals surface area contributed by atoms with Gasteiger partial charge in [0.25, 0.3) is 0 Å². The number of hydrogen-bond acceptors (Lipinski definition) is 5. The smallest absolute Gasteiger partial charge is 0.224 e. The summed E-state index contributed by atoms with van der Waals surface area (Å²) in [4.78, 5) is 10.2. The first kappa shape index (κ1) is 14.1. The van der Waals surface area contributed by atoms with Crippen molar-refractivity contribution in [3.05, 3.63) is 45.6 Å². The van der Waals surface area contributed by atoms with Gasteiger partial charge in [0, 0.05) is 17.3 Å². The zero-order chi connectivity index (χ0) is 14.8. The van der Waals surface area contributed by atoms with Crippen molar-refractivity contribution in [2.45, 2.75) is 13.0 Å². The van der Waals surface area contributed by atoms with Crippen LogP contribution in [-0.4, -0.2) is 17.0 Å². The Labute approximate surface area is 132 Å². The van der Waals surface area contributed by atoms with Gasteiger partial charge in [-0.15, -0.1) is 11.3 Å². The van der Waals surface area contributed by atoms with Crippen molar-refractivity contribution in [3.63, 3.8) is 0 Å². The standard InChI is InChI=1S/C15H15ClN4S/c1-9(12-7-8-13(16)21-12)18-14-10-5-3-4-6-11(10)19-15(17-2)20-14/h3-9H,1-2H3,(H2,17,18,19,20). The maximum Gasteiger partial charge on any atom is 0.224 e. The summed E-state index contributed by atoms with van der Waals surface area (Å²) in [5, 5.41) is 7.45. The number of nitrogens with zero attached hydrogens (tertiary/aromatic N) is 2. The highest BCUT2D eigenvalue weighted by molar-refractivity contribution is 7.16. The molecule has 0 aliphatic carbocycles. The molecule has 6 heteroatoms. The largest absolute Gasteiger partial charge is 0.362 e. The molecule has 1 atom stereocenters. The first-order chi connectivity index (χ1) is 10.2. The fourth-order valence-corrected chi connectivity index (χ4v) is 3.20. The van der Waals surface area contributed by atoms with Crippen LogP contribution < -0.4 is 10.6 Å². The molecule has 0 spiro atoms. The van der Waals surface area contributed by atoms with Crippen LogP contribution in [0.3, 0.4) is 0 Å². The van der Waals surface area contributed by atoms with Gasteiger partial charge in [0.15, 0.2) is 0 Å². The number of halogens is 1. The van der Waals surface area contributed by atoms with E-state index < -0.39 is 0 Å². The molecule has 3 rings (SSSR count). The summed E-state index contributed by atoms with van der Waals surface area (Å²) < 4.78 is 0.794. The molecular weight excluding hydrogens is 304 g/mol. The molecule has 108 valence electrons. The molecular formula is C15H15ClN4S. The van der Waals surface area contributed by atoms with Crippen LogP contribution in [0.5, 0.6) is 0 Å². The Morgan fingerprint density at radius 1 is 1.14 bits per heavy atom. The van der Waals surface area contributed by atoms with Crippen LogP contribution in [0.1, 0.15) is 17.8 Å². The van der Waals surface area contributed by atoms with E-state index in [1.807, 2.05) is 43.4 Å². The van der Waals surface area contributed by atoms with E-state index in [4.69, 9.17) is 11.6 Å². The molecule has 0 saturated heterocycles. The van der Waals surface area contributed by atoms with Gasteiger partial charge in [0.2, 0.25) is 5.95 Å². The van der Waals surface area contributed by atoms with E-state index in [2.05, 4.69) is 27.5 Å². The molecule has 0 radical (unpaired) electrons. The van der Waals surface area contributed by atoms with E-state index in [1.54, 1.807) is 11.3 Å². The first-order valence-electron chi connectivity index (χ1n) is 6.63. The summed E-state index contributed by atoms with van der Waals surface area (Å²) in [6, 6.07) is 12.0. The number of thiophene rings is 1. The Balaban J connectivity index is 1.99. The molecule has 0 saturated carbocycles. The average molecular weight is 319 g/mol. The Bertz CT molecular complexity index is 771. The molecule has 0 aliphatic rings. The van der Waals surface area contributed by atoms with Gasteiger partial charge in [-0.2, -0.15) is 4.98 Å². The molecule has 1 unspecified atom stereocenters. The Hall–Kier alpha value is -1.85. The van der Waals surface area contributed by atoms with E-state index in [0.717, 1.165) is 21.1 Å². The lowest BCUT2D eigenvalue weighted by Gasteiger charge is -2.15. The number of rotatable bonds is 4. The minimum atomic E-state index is 0.130. The third-order valence-electron chi connectivity index (χ3n) is 3.20. The van der Waals surface area contributed by atoms with Gasteiger partial charge < -0.3 is 10.6 Å². The normalized spacial score (nSPS) is 12.3. The third-order valence-corrected chi connectivity index (χ3v) is 4.61. The van der Waals surface area contributed by atoms with Crippen LogP contribution in [0.15, 0.2) is 36.4 Å². The van der Waals surface area contributed by atoms with Crippen molar-refractivity contribution in [1.82, 2.24) is 9.97 Å². The second-order valence-corrected chi connectivity index (χ2v) is 6.42. The van der Waals surface area contributed by atoms with Gasteiger partial charge in [-0.1, -0.05) is 23.7 Å². The molecule has 0 fully saturated rings. The number of aromatic nitrogens is 2. The minimum absolute atomic E-state index is 0.130. The molecule has 2 aromatic heterocycles. The molecule has 0 bridgehead atoms. The van der Waals surface area contributed by atoms with Crippen molar-refractivity contribution in [3.8, 4) is 0 Å². The highest BCUT2D eigenvalue weighted by atomic mass is 35.5. The van der Waals surface area contributed by atoms with Gasteiger partial charge in [0.05, 0.1) is 15.9 Å².